The van der Waals surface area contributed by atoms with Crippen LogP contribution in [-0.2, 0) is 20.9 Å². The minimum atomic E-state index is -5.08. The van der Waals surface area contributed by atoms with E-state index in [-0.39, 0.29) is 0 Å². The molecule has 13 heteroatoms. The molecule has 176 valence electrons. The third-order valence-electron chi connectivity index (χ3n) is 4.39. The Labute approximate surface area is 173 Å². The number of hydrogen-bond donors (Lipinski definition) is 2. The van der Waals surface area contributed by atoms with Gasteiger partial charge >= 0.3 is 24.3 Å². The molecule has 0 spiro atoms. The molecule has 0 unspecified atom stereocenters. The predicted octanol–water partition coefficient (Wildman–Crippen LogP) is 3.35. The van der Waals surface area contributed by atoms with Gasteiger partial charge in [-0.25, -0.2) is 9.59 Å². The van der Waals surface area contributed by atoms with Gasteiger partial charge < -0.3 is 14.9 Å². The van der Waals surface area contributed by atoms with E-state index in [1.54, 1.807) is 0 Å². The molecule has 2 aliphatic rings. The van der Waals surface area contributed by atoms with Crippen LogP contribution in [0, 0.1) is 5.92 Å². The molecule has 2 fully saturated rings. The van der Waals surface area contributed by atoms with Crippen LogP contribution in [0.15, 0.2) is 24.4 Å². The van der Waals surface area contributed by atoms with Crippen LogP contribution in [0.25, 0.3) is 0 Å². The summed E-state index contributed by atoms with van der Waals surface area (Å²) >= 11 is 0. The summed E-state index contributed by atoms with van der Waals surface area (Å²) in [6, 6.07) is 6.15. The monoisotopic (exact) mass is 460 g/mol. The number of aliphatic carboxylic acids is 2. The highest BCUT2D eigenvalue weighted by Crippen LogP contribution is 2.32. The first kappa shape index (κ1) is 26.6. The van der Waals surface area contributed by atoms with Gasteiger partial charge in [0.1, 0.15) is 0 Å². The summed E-state index contributed by atoms with van der Waals surface area (Å²) in [7, 11) is 0. The largest absolute Gasteiger partial charge is 0.490 e. The fourth-order valence-electron chi connectivity index (χ4n) is 3.14. The number of rotatable bonds is 2. The van der Waals surface area contributed by atoms with Gasteiger partial charge in [0.25, 0.3) is 0 Å². The van der Waals surface area contributed by atoms with Gasteiger partial charge in [-0.2, -0.15) is 26.3 Å². The Morgan fingerprint density at radius 1 is 1.13 bits per heavy atom. The molecule has 0 aromatic carbocycles. The number of likely N-dealkylation sites (tertiary alicyclic amines) is 1. The van der Waals surface area contributed by atoms with Gasteiger partial charge in [0, 0.05) is 31.7 Å². The number of nitrogens with zero attached hydrogens (tertiary/aromatic N) is 2. The first-order valence-corrected chi connectivity index (χ1v) is 9.08. The van der Waals surface area contributed by atoms with E-state index in [9.17, 15) is 26.3 Å². The van der Waals surface area contributed by atoms with Gasteiger partial charge in [-0.05, 0) is 31.9 Å². The van der Waals surface area contributed by atoms with Gasteiger partial charge in [-0.3, -0.25) is 9.88 Å². The van der Waals surface area contributed by atoms with Crippen molar-refractivity contribution < 1.29 is 50.9 Å². The van der Waals surface area contributed by atoms with Crippen LogP contribution >= 0.6 is 0 Å². The molecule has 1 aromatic heterocycles. The molecule has 3 heterocycles. The molecule has 1 aromatic rings. The number of pyridine rings is 1. The van der Waals surface area contributed by atoms with Gasteiger partial charge in [-0.1, -0.05) is 6.07 Å². The fraction of sp³-hybridized carbons (Fsp3) is 0.611. The van der Waals surface area contributed by atoms with Crippen molar-refractivity contribution in [1.29, 1.82) is 0 Å². The Morgan fingerprint density at radius 3 is 2.13 bits per heavy atom. The number of halogens is 6. The highest BCUT2D eigenvalue weighted by Gasteiger charge is 2.39. The van der Waals surface area contributed by atoms with Crippen molar-refractivity contribution >= 4 is 11.9 Å². The van der Waals surface area contributed by atoms with Crippen molar-refractivity contribution in [3.63, 3.8) is 0 Å². The van der Waals surface area contributed by atoms with Gasteiger partial charge in [-0.15, -0.1) is 0 Å². The number of alkyl halides is 6. The zero-order valence-electron chi connectivity index (χ0n) is 16.4. The van der Waals surface area contributed by atoms with Gasteiger partial charge in [0.15, 0.2) is 0 Å². The maximum atomic E-state index is 10.6. The van der Waals surface area contributed by atoms with Crippen LogP contribution in [0.2, 0.25) is 0 Å². The maximum Gasteiger partial charge on any atom is 0.490 e. The van der Waals surface area contributed by atoms with E-state index in [1.807, 2.05) is 12.3 Å². The van der Waals surface area contributed by atoms with Crippen molar-refractivity contribution in [2.75, 3.05) is 13.1 Å². The SMILES string of the molecule is C[C@H]1C[C@H]2CN(Cc3ccccn3)CC[C@@H]2O1.O=C(O)C(F)(F)F.O=C(O)C(F)(F)F. The highest BCUT2D eigenvalue weighted by atomic mass is 19.4. The minimum Gasteiger partial charge on any atom is -0.475 e. The third-order valence-corrected chi connectivity index (χ3v) is 4.39. The summed E-state index contributed by atoms with van der Waals surface area (Å²) in [6.45, 7) is 5.50. The van der Waals surface area contributed by atoms with Crippen LogP contribution in [0.5, 0.6) is 0 Å². The Bertz CT molecular complexity index is 690. The number of fused-ring (bicyclic) bond motifs is 1. The molecule has 0 radical (unpaired) electrons. The van der Waals surface area contributed by atoms with Crippen LogP contribution < -0.4 is 0 Å². The lowest BCUT2D eigenvalue weighted by molar-refractivity contribution is -0.193. The molecule has 2 N–H and O–H groups in total. The molecule has 2 saturated heterocycles. The maximum absolute atomic E-state index is 10.6. The van der Waals surface area contributed by atoms with Crippen molar-refractivity contribution in [3.05, 3.63) is 30.1 Å². The topological polar surface area (TPSA) is 100.0 Å². The lowest BCUT2D eigenvalue weighted by atomic mass is 9.93. The van der Waals surface area contributed by atoms with Crippen LogP contribution in [-0.4, -0.2) is 69.7 Å². The van der Waals surface area contributed by atoms with Gasteiger partial charge in [0.05, 0.1) is 17.9 Å². The fourth-order valence-corrected chi connectivity index (χ4v) is 3.14. The number of carboxylic acids is 2. The smallest absolute Gasteiger partial charge is 0.475 e. The number of aromatic nitrogens is 1. The van der Waals surface area contributed by atoms with Crippen molar-refractivity contribution in [1.82, 2.24) is 9.88 Å². The van der Waals surface area contributed by atoms with E-state index < -0.39 is 24.3 Å². The minimum absolute atomic E-state index is 0.458. The predicted molar refractivity (Wildman–Crippen MR) is 94.0 cm³/mol. The molecule has 2 aliphatic heterocycles. The standard InChI is InChI=1S/C14H20N2O.2C2HF3O2/c1-11-8-12-9-16(7-5-14(12)17-11)10-13-4-2-3-6-15-13;2*3-2(4,5)1(6)7/h2-4,6,11-12,14H,5,7-10H2,1H3;2*(H,6,7)/t11-,12-,14-;;/m0../s1. The Kier molecular flexibility index (Phi) is 9.69. The van der Waals surface area contributed by atoms with E-state index in [4.69, 9.17) is 24.5 Å². The van der Waals surface area contributed by atoms with Gasteiger partial charge in [0.2, 0.25) is 0 Å². The number of piperidine rings is 1. The van der Waals surface area contributed by atoms with Crippen molar-refractivity contribution in [2.24, 2.45) is 5.92 Å². The van der Waals surface area contributed by atoms with Crippen LogP contribution in [0.1, 0.15) is 25.5 Å². The van der Waals surface area contributed by atoms with E-state index in [1.165, 1.54) is 25.1 Å². The number of carboxylic acid groups (broad SMARTS) is 2. The van der Waals surface area contributed by atoms with Crippen molar-refractivity contribution in [2.45, 2.75) is 50.9 Å². The molecular weight excluding hydrogens is 438 g/mol. The number of hydrogen-bond acceptors (Lipinski definition) is 5. The average molecular weight is 460 g/mol. The van der Waals surface area contributed by atoms with Crippen LogP contribution in [0.3, 0.4) is 0 Å². The molecule has 3 rings (SSSR count). The average Bonchev–Trinajstić information content (AvgIpc) is 3.01. The van der Waals surface area contributed by atoms with Crippen LogP contribution in [0.4, 0.5) is 26.3 Å². The second-order valence-corrected chi connectivity index (χ2v) is 6.93. The Morgan fingerprint density at radius 2 is 1.68 bits per heavy atom. The molecule has 0 saturated carbocycles. The van der Waals surface area contributed by atoms with E-state index in [2.05, 4.69) is 28.9 Å². The first-order chi connectivity index (χ1) is 14.2. The third kappa shape index (κ3) is 9.96. The normalized spacial score (nSPS) is 23.5. The Hall–Kier alpha value is -2.41. The summed E-state index contributed by atoms with van der Waals surface area (Å²) in [5.41, 5.74) is 1.18. The molecule has 0 bridgehead atoms. The second-order valence-electron chi connectivity index (χ2n) is 6.93. The van der Waals surface area contributed by atoms with E-state index >= 15 is 0 Å². The summed E-state index contributed by atoms with van der Waals surface area (Å²) in [6.07, 6.45) is -4.90. The summed E-state index contributed by atoms with van der Waals surface area (Å²) in [5.74, 6) is -4.78. The molecule has 0 amide bonds. The Balaban J connectivity index is 0.000000288. The molecular formula is C18H22F6N2O5. The number of carbonyl (C=O) groups is 2. The second kappa shape index (κ2) is 11.3. The lowest BCUT2D eigenvalue weighted by Crippen LogP contribution is -2.40. The first-order valence-electron chi connectivity index (χ1n) is 9.08. The lowest BCUT2D eigenvalue weighted by Gasteiger charge is -2.33. The quantitative estimate of drug-likeness (QED) is 0.653. The number of ether oxygens (including phenoxy) is 1. The molecule has 3 atom stereocenters. The summed E-state index contributed by atoms with van der Waals surface area (Å²) in [4.78, 5) is 24.7. The molecule has 7 nitrogen and oxygen atoms in total. The summed E-state index contributed by atoms with van der Waals surface area (Å²) < 4.78 is 69.4. The van der Waals surface area contributed by atoms with E-state index in [0.717, 1.165) is 19.0 Å². The molecule has 0 aliphatic carbocycles. The van der Waals surface area contributed by atoms with Crippen molar-refractivity contribution in [3.8, 4) is 0 Å². The molecule has 31 heavy (non-hydrogen) atoms. The van der Waals surface area contributed by atoms with E-state index in [0.29, 0.717) is 12.2 Å². The zero-order chi connectivity index (χ0) is 23.8. The summed E-state index contributed by atoms with van der Waals surface area (Å²) in [5, 5.41) is 14.2. The zero-order valence-corrected chi connectivity index (χ0v) is 16.4. The highest BCUT2D eigenvalue weighted by molar-refractivity contribution is 5.73.